The fourth-order valence-corrected chi connectivity index (χ4v) is 2.77. The first-order valence-electron chi connectivity index (χ1n) is 7.22. The molecule has 0 saturated carbocycles. The van der Waals surface area contributed by atoms with Crippen molar-refractivity contribution >= 4 is 0 Å². The molecule has 3 unspecified atom stereocenters. The topological polar surface area (TPSA) is 51.4 Å². The van der Waals surface area contributed by atoms with Crippen molar-refractivity contribution < 1.29 is 9.13 Å². The van der Waals surface area contributed by atoms with Crippen molar-refractivity contribution in [1.82, 2.24) is 9.88 Å². The van der Waals surface area contributed by atoms with Crippen molar-refractivity contribution in [1.29, 1.82) is 0 Å². The lowest BCUT2D eigenvalue weighted by molar-refractivity contribution is 0.0253. The first kappa shape index (κ1) is 15.4. The molecule has 4 nitrogen and oxygen atoms in total. The number of hydrogen-bond donors (Lipinski definition) is 1. The molecule has 1 aliphatic heterocycles. The van der Waals surface area contributed by atoms with Crippen molar-refractivity contribution in [3.05, 3.63) is 29.8 Å². The summed E-state index contributed by atoms with van der Waals surface area (Å²) in [5.41, 5.74) is 6.98. The van der Waals surface area contributed by atoms with Gasteiger partial charge in [0.25, 0.3) is 0 Å². The van der Waals surface area contributed by atoms with Gasteiger partial charge in [-0.15, -0.1) is 0 Å². The molecule has 1 saturated heterocycles. The molecule has 2 heterocycles. The second-order valence-corrected chi connectivity index (χ2v) is 5.66. The maximum Gasteiger partial charge on any atom is 0.141 e. The van der Waals surface area contributed by atoms with Crippen molar-refractivity contribution in [2.24, 2.45) is 11.7 Å². The van der Waals surface area contributed by atoms with Crippen molar-refractivity contribution in [2.45, 2.75) is 31.9 Å². The van der Waals surface area contributed by atoms with E-state index >= 15 is 0 Å². The van der Waals surface area contributed by atoms with E-state index in [1.54, 1.807) is 13.2 Å². The number of nitrogens with zero attached hydrogens (tertiary/aromatic N) is 2. The van der Waals surface area contributed by atoms with E-state index in [-0.39, 0.29) is 17.8 Å². The Balaban J connectivity index is 1.90. The fraction of sp³-hybridized carbons (Fsp3) is 0.667. The summed E-state index contributed by atoms with van der Waals surface area (Å²) in [4.78, 5) is 6.47. The third kappa shape index (κ3) is 3.98. The lowest BCUT2D eigenvalue weighted by atomic mass is 9.97. The maximum absolute atomic E-state index is 12.9. The van der Waals surface area contributed by atoms with Crippen LogP contribution < -0.4 is 5.73 Å². The Kier molecular flexibility index (Phi) is 5.46. The molecule has 0 amide bonds. The Hall–Kier alpha value is -1.04. The van der Waals surface area contributed by atoms with Crippen LogP contribution in [0.25, 0.3) is 0 Å². The van der Waals surface area contributed by atoms with Gasteiger partial charge in [0.2, 0.25) is 0 Å². The average molecular weight is 281 g/mol. The van der Waals surface area contributed by atoms with Gasteiger partial charge in [0.1, 0.15) is 5.82 Å². The number of aromatic nitrogens is 1. The first-order valence-corrected chi connectivity index (χ1v) is 7.22. The van der Waals surface area contributed by atoms with E-state index in [1.165, 1.54) is 12.3 Å². The molecule has 1 aliphatic rings. The number of piperidine rings is 1. The molecule has 0 bridgehead atoms. The van der Waals surface area contributed by atoms with Crippen LogP contribution in [0.5, 0.6) is 0 Å². The molecule has 0 spiro atoms. The molecule has 20 heavy (non-hydrogen) atoms. The molecule has 0 aromatic carbocycles. The quantitative estimate of drug-likeness (QED) is 0.896. The highest BCUT2D eigenvalue weighted by molar-refractivity contribution is 5.10. The van der Waals surface area contributed by atoms with E-state index in [9.17, 15) is 4.39 Å². The van der Waals surface area contributed by atoms with E-state index < -0.39 is 0 Å². The largest absolute Gasteiger partial charge is 0.380 e. The van der Waals surface area contributed by atoms with Crippen molar-refractivity contribution in [3.8, 4) is 0 Å². The molecule has 0 aliphatic carbocycles. The maximum atomic E-state index is 12.9. The van der Waals surface area contributed by atoms with Crippen LogP contribution in [0.3, 0.4) is 0 Å². The zero-order valence-corrected chi connectivity index (χ0v) is 12.3. The molecule has 2 rings (SSSR count). The first-order chi connectivity index (χ1) is 9.60. The van der Waals surface area contributed by atoms with Crippen molar-refractivity contribution in [2.75, 3.05) is 26.7 Å². The number of ether oxygens (including phenoxy) is 1. The van der Waals surface area contributed by atoms with Crippen LogP contribution in [0.15, 0.2) is 18.3 Å². The summed E-state index contributed by atoms with van der Waals surface area (Å²) in [6.07, 6.45) is 3.85. The monoisotopic (exact) mass is 281 g/mol. The third-order valence-electron chi connectivity index (χ3n) is 4.05. The number of nitrogens with two attached hydrogens (primary N) is 1. The van der Waals surface area contributed by atoms with Gasteiger partial charge >= 0.3 is 0 Å². The number of pyridine rings is 1. The molecule has 0 radical (unpaired) electrons. The molecule has 2 N–H and O–H groups in total. The molecule has 5 heteroatoms. The summed E-state index contributed by atoms with van der Waals surface area (Å²) in [6, 6.07) is 2.92. The summed E-state index contributed by atoms with van der Waals surface area (Å²) in [5, 5.41) is 0. The summed E-state index contributed by atoms with van der Waals surface area (Å²) >= 11 is 0. The Morgan fingerprint density at radius 1 is 1.55 bits per heavy atom. The zero-order valence-electron chi connectivity index (χ0n) is 12.3. The van der Waals surface area contributed by atoms with E-state index in [0.29, 0.717) is 6.10 Å². The van der Waals surface area contributed by atoms with E-state index in [2.05, 4.69) is 16.8 Å². The average Bonchev–Trinajstić information content (AvgIpc) is 2.47. The molecule has 1 fully saturated rings. The van der Waals surface area contributed by atoms with Gasteiger partial charge in [0.05, 0.1) is 24.0 Å². The Labute approximate surface area is 120 Å². The van der Waals surface area contributed by atoms with Crippen LogP contribution in [0.2, 0.25) is 0 Å². The van der Waals surface area contributed by atoms with Gasteiger partial charge in [-0.1, -0.05) is 6.92 Å². The third-order valence-corrected chi connectivity index (χ3v) is 4.05. The number of halogens is 1. The number of likely N-dealkylation sites (tertiary alicyclic amines) is 1. The number of hydrogen-bond acceptors (Lipinski definition) is 4. The van der Waals surface area contributed by atoms with Gasteiger partial charge in [-0.2, -0.15) is 0 Å². The van der Waals surface area contributed by atoms with Crippen LogP contribution in [0, 0.1) is 11.7 Å². The van der Waals surface area contributed by atoms with E-state index in [0.717, 1.165) is 38.2 Å². The Bertz CT molecular complexity index is 412. The predicted molar refractivity (Wildman–Crippen MR) is 76.8 cm³/mol. The van der Waals surface area contributed by atoms with E-state index in [1.807, 2.05) is 0 Å². The van der Waals surface area contributed by atoms with Crippen LogP contribution in [0.4, 0.5) is 4.39 Å². The second-order valence-electron chi connectivity index (χ2n) is 5.66. The standard InChI is InChI=1S/C15H24FN3O/c1-11(9-19-7-3-4-13(10-19)20-2)15(17)14-6-5-12(16)8-18-14/h5-6,8,11,13,15H,3-4,7,9-10,17H2,1-2H3. The zero-order chi connectivity index (χ0) is 14.5. The Morgan fingerprint density at radius 3 is 3.00 bits per heavy atom. The van der Waals surface area contributed by atoms with Crippen LogP contribution >= 0.6 is 0 Å². The van der Waals surface area contributed by atoms with Crippen molar-refractivity contribution in [3.63, 3.8) is 0 Å². The normalized spacial score (nSPS) is 23.5. The van der Waals surface area contributed by atoms with Gasteiger partial charge in [-0.05, 0) is 37.4 Å². The summed E-state index contributed by atoms with van der Waals surface area (Å²) in [6.45, 7) is 5.09. The number of methoxy groups -OCH3 is 1. The van der Waals surface area contributed by atoms with Gasteiger partial charge in [-0.25, -0.2) is 4.39 Å². The second kappa shape index (κ2) is 7.11. The molecule has 112 valence electrons. The number of rotatable bonds is 5. The fourth-order valence-electron chi connectivity index (χ4n) is 2.77. The molecular weight excluding hydrogens is 257 g/mol. The van der Waals surface area contributed by atoms with Gasteiger partial charge in [0, 0.05) is 20.2 Å². The lowest BCUT2D eigenvalue weighted by Crippen LogP contribution is -2.42. The summed E-state index contributed by atoms with van der Waals surface area (Å²) in [7, 11) is 1.77. The minimum Gasteiger partial charge on any atom is -0.380 e. The van der Waals surface area contributed by atoms with Gasteiger partial charge in [-0.3, -0.25) is 4.98 Å². The highest BCUT2D eigenvalue weighted by Crippen LogP contribution is 2.21. The minimum absolute atomic E-state index is 0.168. The van der Waals surface area contributed by atoms with Gasteiger partial charge < -0.3 is 15.4 Å². The highest BCUT2D eigenvalue weighted by atomic mass is 19.1. The predicted octanol–water partition coefficient (Wildman–Crippen LogP) is 1.97. The molecule has 1 aromatic heterocycles. The highest BCUT2D eigenvalue weighted by Gasteiger charge is 2.24. The summed E-state index contributed by atoms with van der Waals surface area (Å²) in [5.74, 6) is -0.0591. The van der Waals surface area contributed by atoms with Gasteiger partial charge in [0.15, 0.2) is 0 Å². The molecule has 1 aromatic rings. The Morgan fingerprint density at radius 2 is 2.35 bits per heavy atom. The smallest absolute Gasteiger partial charge is 0.141 e. The molecular formula is C15H24FN3O. The molecule has 3 atom stereocenters. The SMILES string of the molecule is COC1CCCN(CC(C)C(N)c2ccc(F)cn2)C1. The lowest BCUT2D eigenvalue weighted by Gasteiger charge is -2.34. The van der Waals surface area contributed by atoms with Crippen LogP contribution in [-0.4, -0.2) is 42.7 Å². The van der Waals surface area contributed by atoms with E-state index in [4.69, 9.17) is 10.5 Å². The minimum atomic E-state index is -0.326. The van der Waals surface area contributed by atoms with Crippen LogP contribution in [0.1, 0.15) is 31.5 Å². The van der Waals surface area contributed by atoms with Crippen LogP contribution in [-0.2, 0) is 4.74 Å². The summed E-state index contributed by atoms with van der Waals surface area (Å²) < 4.78 is 18.3.